The maximum atomic E-state index is 16.8. The minimum absolute atomic E-state index is 0.0256. The Morgan fingerprint density at radius 1 is 1.04 bits per heavy atom. The van der Waals surface area contributed by atoms with Gasteiger partial charge in [0.15, 0.2) is 5.82 Å². The molecule has 0 spiro atoms. The summed E-state index contributed by atoms with van der Waals surface area (Å²) in [6.07, 6.45) is 5.71. The summed E-state index contributed by atoms with van der Waals surface area (Å²) in [5.41, 5.74) is 0.268. The highest BCUT2D eigenvalue weighted by Crippen LogP contribution is 2.41. The van der Waals surface area contributed by atoms with Crippen molar-refractivity contribution in [1.82, 2.24) is 24.8 Å². The fraction of sp³-hybridized carbons (Fsp3) is 0.500. The van der Waals surface area contributed by atoms with E-state index in [9.17, 15) is 4.79 Å². The molecule has 3 aliphatic rings. The number of pyridine rings is 1. The number of amides is 1. The van der Waals surface area contributed by atoms with E-state index in [1.807, 2.05) is 65.0 Å². The van der Waals surface area contributed by atoms with E-state index in [1.165, 1.54) is 0 Å². The van der Waals surface area contributed by atoms with Crippen LogP contribution in [0.2, 0.25) is 5.02 Å². The number of fused-ring (bicyclic) bond motifs is 3. The molecule has 2 aromatic heterocycles. The summed E-state index contributed by atoms with van der Waals surface area (Å²) in [6.45, 7) is 13.1. The number of carbonyl (C=O) groups excluding carboxylic acids is 1. The first-order chi connectivity index (χ1) is 22.4. The van der Waals surface area contributed by atoms with Gasteiger partial charge in [0.25, 0.3) is 0 Å². The first kappa shape index (κ1) is 31.8. The summed E-state index contributed by atoms with van der Waals surface area (Å²) < 4.78 is 29.0. The number of rotatable bonds is 5. The highest BCUT2D eigenvalue weighted by Gasteiger charge is 2.45. The van der Waals surface area contributed by atoms with Gasteiger partial charge in [-0.05, 0) is 84.8 Å². The smallest absolute Gasteiger partial charge is 0.410 e. The van der Waals surface area contributed by atoms with E-state index in [0.717, 1.165) is 49.5 Å². The number of aromatic nitrogens is 3. The summed E-state index contributed by atoms with van der Waals surface area (Å²) in [7, 11) is 0. The van der Waals surface area contributed by atoms with Crippen molar-refractivity contribution in [1.29, 1.82) is 0 Å². The zero-order valence-corrected chi connectivity index (χ0v) is 28.5. The van der Waals surface area contributed by atoms with Gasteiger partial charge in [-0.3, -0.25) is 14.8 Å². The molecule has 9 nitrogen and oxygen atoms in total. The SMILES string of the molecule is C[C@@H]1CN(c2nc(OCC34CCCN3CCC4)nc3c(F)c(-c4cccc5cccc(Cl)c45)ncc23)C[C@H](C)N1C(=O)OC(C)(C)C. The van der Waals surface area contributed by atoms with Crippen molar-refractivity contribution in [3.05, 3.63) is 53.4 Å². The monoisotopic (exact) mass is 660 g/mol. The summed E-state index contributed by atoms with van der Waals surface area (Å²) in [5, 5.41) is 2.63. The van der Waals surface area contributed by atoms with E-state index in [-0.39, 0.29) is 40.9 Å². The molecule has 0 bridgehead atoms. The number of halogens is 2. The minimum atomic E-state index is -0.605. The van der Waals surface area contributed by atoms with Crippen molar-refractivity contribution in [2.75, 3.05) is 37.7 Å². The van der Waals surface area contributed by atoms with Crippen LogP contribution >= 0.6 is 11.6 Å². The molecule has 11 heteroatoms. The molecule has 3 saturated heterocycles. The van der Waals surface area contributed by atoms with E-state index in [4.69, 9.17) is 31.0 Å². The van der Waals surface area contributed by atoms with E-state index >= 15 is 4.39 Å². The molecule has 2 atom stereocenters. The average Bonchev–Trinajstić information content (AvgIpc) is 3.59. The van der Waals surface area contributed by atoms with Crippen molar-refractivity contribution in [2.24, 2.45) is 0 Å². The standard InChI is InChI=1S/C36H42ClFN6O3/c1-22-19-42(20-23(2)44(22)34(45)47-35(3,4)5)32-26-18-39-30(25-12-6-10-24-11-7-13-27(37)28(24)25)29(38)31(26)40-33(41-32)46-21-36-14-8-16-43(36)17-9-15-36/h6-7,10-13,18,22-23H,8-9,14-17,19-21H2,1-5H3/t22-,23+. The Morgan fingerprint density at radius 3 is 2.40 bits per heavy atom. The highest BCUT2D eigenvalue weighted by molar-refractivity contribution is 6.36. The topological polar surface area (TPSA) is 83.9 Å². The average molecular weight is 661 g/mol. The number of benzene rings is 2. The Kier molecular flexibility index (Phi) is 8.15. The van der Waals surface area contributed by atoms with Crippen LogP contribution in [0.1, 0.15) is 60.3 Å². The zero-order chi connectivity index (χ0) is 33.1. The summed E-state index contributed by atoms with van der Waals surface area (Å²) in [6, 6.07) is 11.0. The second-order valence-corrected chi connectivity index (χ2v) is 14.8. The Bertz CT molecular complexity index is 1820. The largest absolute Gasteiger partial charge is 0.461 e. The van der Waals surface area contributed by atoms with E-state index in [0.29, 0.717) is 41.5 Å². The summed E-state index contributed by atoms with van der Waals surface area (Å²) in [5.74, 6) is -0.0212. The third kappa shape index (κ3) is 5.84. The van der Waals surface area contributed by atoms with Gasteiger partial charge in [0.05, 0.1) is 23.0 Å². The van der Waals surface area contributed by atoms with E-state index in [1.54, 1.807) is 17.2 Å². The molecule has 4 aromatic rings. The van der Waals surface area contributed by atoms with Gasteiger partial charge in [-0.25, -0.2) is 9.18 Å². The predicted molar refractivity (Wildman–Crippen MR) is 183 cm³/mol. The van der Waals surface area contributed by atoms with E-state index < -0.39 is 11.4 Å². The molecule has 5 heterocycles. The lowest BCUT2D eigenvalue weighted by Crippen LogP contribution is -2.59. The van der Waals surface area contributed by atoms with Gasteiger partial charge in [-0.1, -0.05) is 41.9 Å². The second kappa shape index (κ2) is 12.0. The van der Waals surface area contributed by atoms with Crippen LogP contribution in [0.15, 0.2) is 42.6 Å². The normalized spacial score (nSPS) is 21.4. The zero-order valence-electron chi connectivity index (χ0n) is 27.7. The third-order valence-electron chi connectivity index (χ3n) is 9.86. The van der Waals surface area contributed by atoms with Gasteiger partial charge in [0.1, 0.15) is 29.2 Å². The van der Waals surface area contributed by atoms with Gasteiger partial charge < -0.3 is 14.4 Å². The molecule has 7 rings (SSSR count). The quantitative estimate of drug-likeness (QED) is 0.218. The molecule has 3 fully saturated rings. The van der Waals surface area contributed by atoms with Crippen LogP contribution in [0.4, 0.5) is 15.0 Å². The van der Waals surface area contributed by atoms with Crippen molar-refractivity contribution in [3.63, 3.8) is 0 Å². The number of hydrogen-bond acceptors (Lipinski definition) is 8. The third-order valence-corrected chi connectivity index (χ3v) is 10.2. The number of piperazine rings is 1. The van der Waals surface area contributed by atoms with Gasteiger partial charge >= 0.3 is 12.1 Å². The summed E-state index contributed by atoms with van der Waals surface area (Å²) in [4.78, 5) is 33.8. The van der Waals surface area contributed by atoms with Gasteiger partial charge in [-0.15, -0.1) is 0 Å². The van der Waals surface area contributed by atoms with Gasteiger partial charge in [-0.2, -0.15) is 9.97 Å². The van der Waals surface area contributed by atoms with Gasteiger partial charge in [0, 0.05) is 35.3 Å². The number of nitrogens with zero attached hydrogens (tertiary/aromatic N) is 6. The Labute approximate surface area is 280 Å². The molecule has 1 amide bonds. The van der Waals surface area contributed by atoms with Crippen LogP contribution in [0.25, 0.3) is 32.9 Å². The van der Waals surface area contributed by atoms with Crippen LogP contribution in [-0.2, 0) is 4.74 Å². The number of anilines is 1. The maximum Gasteiger partial charge on any atom is 0.410 e. The van der Waals surface area contributed by atoms with Crippen LogP contribution in [0, 0.1) is 5.82 Å². The van der Waals surface area contributed by atoms with E-state index in [2.05, 4.69) is 14.8 Å². The Balaban J connectivity index is 1.30. The molecule has 248 valence electrons. The number of ether oxygens (including phenoxy) is 2. The Morgan fingerprint density at radius 2 is 1.72 bits per heavy atom. The summed E-state index contributed by atoms with van der Waals surface area (Å²) >= 11 is 6.64. The lowest BCUT2D eigenvalue weighted by molar-refractivity contribution is 0.00560. The fourth-order valence-electron chi connectivity index (χ4n) is 7.84. The molecule has 0 radical (unpaired) electrons. The second-order valence-electron chi connectivity index (χ2n) is 14.4. The number of hydrogen-bond donors (Lipinski definition) is 0. The van der Waals surface area contributed by atoms with Crippen molar-refractivity contribution < 1.29 is 18.7 Å². The highest BCUT2D eigenvalue weighted by atomic mass is 35.5. The number of carbonyl (C=O) groups is 1. The molecule has 0 unspecified atom stereocenters. The molecule has 3 aliphatic heterocycles. The van der Waals surface area contributed by atoms with Crippen LogP contribution in [0.5, 0.6) is 6.01 Å². The lowest BCUT2D eigenvalue weighted by Gasteiger charge is -2.45. The van der Waals surface area contributed by atoms with Crippen LogP contribution < -0.4 is 9.64 Å². The molecule has 47 heavy (non-hydrogen) atoms. The fourth-order valence-corrected chi connectivity index (χ4v) is 8.12. The lowest BCUT2D eigenvalue weighted by atomic mass is 9.95. The van der Waals surface area contributed by atoms with Crippen molar-refractivity contribution in [3.8, 4) is 17.3 Å². The molecule has 0 aliphatic carbocycles. The first-order valence-corrected chi connectivity index (χ1v) is 17.0. The van der Waals surface area contributed by atoms with Crippen LogP contribution in [-0.4, -0.2) is 86.9 Å². The molecule has 0 N–H and O–H groups in total. The van der Waals surface area contributed by atoms with Crippen molar-refractivity contribution in [2.45, 2.75) is 83.5 Å². The predicted octanol–water partition coefficient (Wildman–Crippen LogP) is 7.48. The van der Waals surface area contributed by atoms with Crippen molar-refractivity contribution >= 4 is 45.2 Å². The molecule has 0 saturated carbocycles. The molecular formula is C36H42ClFN6O3. The maximum absolute atomic E-state index is 16.8. The first-order valence-electron chi connectivity index (χ1n) is 16.6. The van der Waals surface area contributed by atoms with Gasteiger partial charge in [0.2, 0.25) is 0 Å². The molecule has 2 aromatic carbocycles. The van der Waals surface area contributed by atoms with Crippen LogP contribution in [0.3, 0.4) is 0 Å². The Hall–Kier alpha value is -3.76. The minimum Gasteiger partial charge on any atom is -0.461 e. The molecular weight excluding hydrogens is 619 g/mol.